The second-order valence-corrected chi connectivity index (χ2v) is 7.19. The molecule has 8 heteroatoms. The molecule has 1 fully saturated rings. The fourth-order valence-corrected chi connectivity index (χ4v) is 3.78. The standard InChI is InChI=1S/C21H21F2N5O/c1-13-8-15(28-12-25-11-26-28)3-4-16(13)21(29)27-20-10-24-7-6-17(20)14-2-5-18(22)19(23)9-14/h2-5,8-9,11-12,17,20,24H,6-7,10H2,1H3,(H,27,29). The molecule has 6 nitrogen and oxygen atoms in total. The van der Waals surface area contributed by atoms with Crippen molar-refractivity contribution in [1.82, 2.24) is 25.4 Å². The third kappa shape index (κ3) is 4.02. The van der Waals surface area contributed by atoms with Crippen molar-refractivity contribution in [3.8, 4) is 5.69 Å². The summed E-state index contributed by atoms with van der Waals surface area (Å²) in [5.41, 5.74) is 2.87. The van der Waals surface area contributed by atoms with Crippen molar-refractivity contribution in [2.24, 2.45) is 0 Å². The second kappa shape index (κ2) is 8.08. The molecule has 2 heterocycles. The highest BCUT2D eigenvalue weighted by atomic mass is 19.2. The second-order valence-electron chi connectivity index (χ2n) is 7.19. The third-order valence-electron chi connectivity index (χ3n) is 5.31. The molecule has 1 aliphatic rings. The number of benzene rings is 2. The van der Waals surface area contributed by atoms with Gasteiger partial charge in [0.15, 0.2) is 11.6 Å². The van der Waals surface area contributed by atoms with Crippen molar-refractivity contribution in [1.29, 1.82) is 0 Å². The molecule has 2 unspecified atom stereocenters. The van der Waals surface area contributed by atoms with E-state index in [4.69, 9.17) is 0 Å². The average molecular weight is 397 g/mol. The number of nitrogens with zero attached hydrogens (tertiary/aromatic N) is 3. The van der Waals surface area contributed by atoms with E-state index in [0.29, 0.717) is 17.7 Å². The molecule has 2 N–H and O–H groups in total. The van der Waals surface area contributed by atoms with Crippen LogP contribution in [0.15, 0.2) is 49.1 Å². The molecule has 1 aliphatic heterocycles. The van der Waals surface area contributed by atoms with E-state index in [9.17, 15) is 13.6 Å². The van der Waals surface area contributed by atoms with Gasteiger partial charge in [0.05, 0.1) is 5.69 Å². The molecule has 4 rings (SSSR count). The Morgan fingerprint density at radius 1 is 1.21 bits per heavy atom. The minimum Gasteiger partial charge on any atom is -0.347 e. The van der Waals surface area contributed by atoms with Gasteiger partial charge >= 0.3 is 0 Å². The molecule has 1 amide bonds. The lowest BCUT2D eigenvalue weighted by Gasteiger charge is -2.33. The predicted octanol–water partition coefficient (Wildman–Crippen LogP) is 2.73. The van der Waals surface area contributed by atoms with E-state index in [2.05, 4.69) is 20.7 Å². The highest BCUT2D eigenvalue weighted by Gasteiger charge is 2.29. The maximum atomic E-state index is 13.7. The first-order chi connectivity index (χ1) is 14.0. The normalized spacial score (nSPS) is 19.1. The van der Waals surface area contributed by atoms with Crippen LogP contribution in [0, 0.1) is 18.6 Å². The van der Waals surface area contributed by atoms with Crippen LogP contribution in [-0.4, -0.2) is 39.8 Å². The number of aryl methyl sites for hydroxylation is 1. The Morgan fingerprint density at radius 3 is 2.79 bits per heavy atom. The van der Waals surface area contributed by atoms with Crippen LogP contribution in [0.5, 0.6) is 0 Å². The Morgan fingerprint density at radius 2 is 2.07 bits per heavy atom. The van der Waals surface area contributed by atoms with Crippen molar-refractivity contribution >= 4 is 5.91 Å². The Kier molecular flexibility index (Phi) is 5.35. The molecule has 0 aliphatic carbocycles. The highest BCUT2D eigenvalue weighted by Crippen LogP contribution is 2.27. The maximum absolute atomic E-state index is 13.7. The largest absolute Gasteiger partial charge is 0.347 e. The first kappa shape index (κ1) is 19.2. The molecule has 0 spiro atoms. The van der Waals surface area contributed by atoms with Gasteiger partial charge in [0.2, 0.25) is 0 Å². The number of hydrogen-bond acceptors (Lipinski definition) is 4. The van der Waals surface area contributed by atoms with Crippen LogP contribution in [0.4, 0.5) is 8.78 Å². The first-order valence-corrected chi connectivity index (χ1v) is 9.45. The SMILES string of the molecule is Cc1cc(-n2cncn2)ccc1C(=O)NC1CNCCC1c1ccc(F)c(F)c1. The summed E-state index contributed by atoms with van der Waals surface area (Å²) < 4.78 is 28.6. The van der Waals surface area contributed by atoms with Gasteiger partial charge in [0.1, 0.15) is 12.7 Å². The molecule has 2 atom stereocenters. The minimum atomic E-state index is -0.870. The molecule has 1 saturated heterocycles. The third-order valence-corrected chi connectivity index (χ3v) is 5.31. The van der Waals surface area contributed by atoms with Crippen LogP contribution in [0.2, 0.25) is 0 Å². The number of hydrogen-bond donors (Lipinski definition) is 2. The van der Waals surface area contributed by atoms with Crippen LogP contribution in [0.25, 0.3) is 5.69 Å². The topological polar surface area (TPSA) is 71.8 Å². The predicted molar refractivity (Wildman–Crippen MR) is 104 cm³/mol. The Labute approximate surface area is 167 Å². The van der Waals surface area contributed by atoms with Crippen LogP contribution in [0.3, 0.4) is 0 Å². The summed E-state index contributed by atoms with van der Waals surface area (Å²) in [4.78, 5) is 16.8. The van der Waals surface area contributed by atoms with Crippen molar-refractivity contribution < 1.29 is 13.6 Å². The van der Waals surface area contributed by atoms with Gasteiger partial charge in [-0.2, -0.15) is 5.10 Å². The molecule has 3 aromatic rings. The van der Waals surface area contributed by atoms with E-state index >= 15 is 0 Å². The molecule has 2 aromatic carbocycles. The number of aromatic nitrogens is 3. The van der Waals surface area contributed by atoms with Crippen molar-refractivity contribution in [3.63, 3.8) is 0 Å². The summed E-state index contributed by atoms with van der Waals surface area (Å²) >= 11 is 0. The van der Waals surface area contributed by atoms with Gasteiger partial charge in [0.25, 0.3) is 5.91 Å². The molecule has 0 radical (unpaired) electrons. The van der Waals surface area contributed by atoms with Crippen molar-refractivity contribution in [2.45, 2.75) is 25.3 Å². The fourth-order valence-electron chi connectivity index (χ4n) is 3.78. The molecular weight excluding hydrogens is 376 g/mol. The van der Waals surface area contributed by atoms with Gasteiger partial charge in [0, 0.05) is 24.1 Å². The number of piperidine rings is 1. The number of carbonyl (C=O) groups excluding carboxylic acids is 1. The van der Waals surface area contributed by atoms with E-state index in [1.165, 1.54) is 12.4 Å². The van der Waals surface area contributed by atoms with E-state index in [-0.39, 0.29) is 17.9 Å². The van der Waals surface area contributed by atoms with E-state index in [1.807, 2.05) is 19.1 Å². The van der Waals surface area contributed by atoms with Gasteiger partial charge in [-0.05, 0) is 61.3 Å². The zero-order valence-corrected chi connectivity index (χ0v) is 15.9. The average Bonchev–Trinajstić information content (AvgIpc) is 3.25. The number of carbonyl (C=O) groups is 1. The molecule has 0 bridgehead atoms. The van der Waals surface area contributed by atoms with Crippen LogP contribution in [0.1, 0.15) is 33.8 Å². The quantitative estimate of drug-likeness (QED) is 0.710. The zero-order valence-electron chi connectivity index (χ0n) is 15.9. The lowest BCUT2D eigenvalue weighted by Crippen LogP contribution is -2.50. The number of halogens is 2. The zero-order chi connectivity index (χ0) is 20.4. The number of amides is 1. The van der Waals surface area contributed by atoms with E-state index in [0.717, 1.165) is 30.3 Å². The Balaban J connectivity index is 1.53. The molecule has 1 aromatic heterocycles. The van der Waals surface area contributed by atoms with Crippen LogP contribution < -0.4 is 10.6 Å². The van der Waals surface area contributed by atoms with E-state index in [1.54, 1.807) is 23.1 Å². The summed E-state index contributed by atoms with van der Waals surface area (Å²) in [6.45, 7) is 3.18. The summed E-state index contributed by atoms with van der Waals surface area (Å²) in [7, 11) is 0. The smallest absolute Gasteiger partial charge is 0.251 e. The van der Waals surface area contributed by atoms with Crippen molar-refractivity contribution in [2.75, 3.05) is 13.1 Å². The number of rotatable bonds is 4. The summed E-state index contributed by atoms with van der Waals surface area (Å²) in [6, 6.07) is 9.16. The lowest BCUT2D eigenvalue weighted by atomic mass is 9.85. The Hall–Kier alpha value is -3.13. The summed E-state index contributed by atoms with van der Waals surface area (Å²) in [5.74, 6) is -2.03. The molecular formula is C21H21F2N5O. The molecule has 150 valence electrons. The maximum Gasteiger partial charge on any atom is 0.251 e. The highest BCUT2D eigenvalue weighted by molar-refractivity contribution is 5.96. The van der Waals surface area contributed by atoms with Crippen molar-refractivity contribution in [3.05, 3.63) is 77.4 Å². The molecule has 0 saturated carbocycles. The summed E-state index contributed by atoms with van der Waals surface area (Å²) in [5, 5.41) is 10.4. The number of nitrogens with one attached hydrogen (secondary N) is 2. The van der Waals surface area contributed by atoms with Crippen LogP contribution in [-0.2, 0) is 0 Å². The van der Waals surface area contributed by atoms with Gasteiger partial charge in [-0.15, -0.1) is 0 Å². The monoisotopic (exact) mass is 397 g/mol. The minimum absolute atomic E-state index is 0.0926. The lowest BCUT2D eigenvalue weighted by molar-refractivity contribution is 0.0924. The Bertz CT molecular complexity index is 1020. The van der Waals surface area contributed by atoms with Gasteiger partial charge in [-0.1, -0.05) is 6.07 Å². The first-order valence-electron chi connectivity index (χ1n) is 9.45. The molecule has 29 heavy (non-hydrogen) atoms. The van der Waals surface area contributed by atoms with Gasteiger partial charge in [-0.25, -0.2) is 18.4 Å². The van der Waals surface area contributed by atoms with Gasteiger partial charge < -0.3 is 10.6 Å². The van der Waals surface area contributed by atoms with Crippen LogP contribution >= 0.6 is 0 Å². The fraction of sp³-hybridized carbons (Fsp3) is 0.286. The van der Waals surface area contributed by atoms with E-state index < -0.39 is 11.6 Å². The summed E-state index contributed by atoms with van der Waals surface area (Å²) in [6.07, 6.45) is 3.76. The van der Waals surface area contributed by atoms with Gasteiger partial charge in [-0.3, -0.25) is 4.79 Å².